The van der Waals surface area contributed by atoms with E-state index in [0.29, 0.717) is 6.54 Å². The second-order valence-electron chi connectivity index (χ2n) is 5.26. The lowest BCUT2D eigenvalue weighted by Gasteiger charge is -2.17. The molecule has 1 aromatic rings. The van der Waals surface area contributed by atoms with E-state index < -0.39 is 0 Å². The summed E-state index contributed by atoms with van der Waals surface area (Å²) in [6.07, 6.45) is 2.51. The van der Waals surface area contributed by atoms with Crippen molar-refractivity contribution < 1.29 is 0 Å². The molecule has 1 aromatic carbocycles. The summed E-state index contributed by atoms with van der Waals surface area (Å²) in [5.41, 5.74) is 1.23. The normalized spacial score (nSPS) is 11.7. The quantitative estimate of drug-likeness (QED) is 0.542. The van der Waals surface area contributed by atoms with Gasteiger partial charge in [-0.05, 0) is 32.5 Å². The second-order valence-corrected chi connectivity index (χ2v) is 5.26. The number of rotatable bonds is 9. The highest BCUT2D eigenvalue weighted by Gasteiger charge is 2.00. The van der Waals surface area contributed by atoms with Gasteiger partial charge < -0.3 is 15.5 Å². The molecule has 0 aliphatic carbocycles. The zero-order valence-electron chi connectivity index (χ0n) is 13.7. The summed E-state index contributed by atoms with van der Waals surface area (Å²) >= 11 is 0. The van der Waals surface area contributed by atoms with Crippen LogP contribution < -0.4 is 10.6 Å². The van der Waals surface area contributed by atoms with Crippen molar-refractivity contribution >= 4 is 5.96 Å². The van der Waals surface area contributed by atoms with Crippen LogP contribution in [0.4, 0.5) is 0 Å². The van der Waals surface area contributed by atoms with Crippen molar-refractivity contribution in [2.45, 2.75) is 33.2 Å². The monoisotopic (exact) mass is 290 g/mol. The van der Waals surface area contributed by atoms with Gasteiger partial charge in [-0.3, -0.25) is 0 Å². The molecule has 0 spiro atoms. The average molecular weight is 290 g/mol. The Bertz CT molecular complexity index is 389. The molecule has 4 heteroatoms. The Balaban J connectivity index is 2.35. The van der Waals surface area contributed by atoms with E-state index in [-0.39, 0.29) is 0 Å². The van der Waals surface area contributed by atoms with Crippen LogP contribution in [0.1, 0.15) is 32.3 Å². The Morgan fingerprint density at radius 3 is 2.52 bits per heavy atom. The van der Waals surface area contributed by atoms with Gasteiger partial charge in [0.05, 0.1) is 6.54 Å². The lowest BCUT2D eigenvalue weighted by atomic mass is 10.2. The van der Waals surface area contributed by atoms with Gasteiger partial charge in [-0.15, -0.1) is 0 Å². The van der Waals surface area contributed by atoms with Gasteiger partial charge in [0.2, 0.25) is 0 Å². The fraction of sp³-hybridized carbons (Fsp3) is 0.588. The maximum absolute atomic E-state index is 4.62. The SMILES string of the molecule is CCCCN(C)CCNC(=NCc1ccccc1)NCC. The number of aliphatic imine (C=N–C) groups is 1. The summed E-state index contributed by atoms with van der Waals surface area (Å²) < 4.78 is 0. The fourth-order valence-corrected chi connectivity index (χ4v) is 2.00. The smallest absolute Gasteiger partial charge is 0.191 e. The third-order valence-corrected chi connectivity index (χ3v) is 3.29. The predicted octanol–water partition coefficient (Wildman–Crippen LogP) is 2.47. The topological polar surface area (TPSA) is 39.7 Å². The van der Waals surface area contributed by atoms with Gasteiger partial charge in [-0.25, -0.2) is 4.99 Å². The van der Waals surface area contributed by atoms with E-state index in [2.05, 4.69) is 53.6 Å². The van der Waals surface area contributed by atoms with Crippen LogP contribution in [-0.2, 0) is 6.54 Å². The number of nitrogens with one attached hydrogen (secondary N) is 2. The van der Waals surface area contributed by atoms with E-state index in [1.165, 1.54) is 18.4 Å². The Labute approximate surface area is 129 Å². The Morgan fingerprint density at radius 2 is 1.86 bits per heavy atom. The fourth-order valence-electron chi connectivity index (χ4n) is 2.00. The largest absolute Gasteiger partial charge is 0.357 e. The summed E-state index contributed by atoms with van der Waals surface area (Å²) in [5.74, 6) is 0.894. The standard InChI is InChI=1S/C17H30N4/c1-4-6-13-21(3)14-12-19-17(18-5-2)20-15-16-10-8-7-9-11-16/h7-11H,4-6,12-15H2,1-3H3,(H2,18,19,20). The average Bonchev–Trinajstić information content (AvgIpc) is 2.51. The molecule has 118 valence electrons. The van der Waals surface area contributed by atoms with Gasteiger partial charge in [0.15, 0.2) is 5.96 Å². The molecule has 0 unspecified atom stereocenters. The first kappa shape index (κ1) is 17.5. The molecule has 0 heterocycles. The molecule has 4 nitrogen and oxygen atoms in total. The third kappa shape index (κ3) is 8.35. The number of unbranched alkanes of at least 4 members (excludes halogenated alkanes) is 1. The number of hydrogen-bond acceptors (Lipinski definition) is 2. The van der Waals surface area contributed by atoms with Crippen LogP contribution in [0.15, 0.2) is 35.3 Å². The van der Waals surface area contributed by atoms with Gasteiger partial charge >= 0.3 is 0 Å². The van der Waals surface area contributed by atoms with Crippen molar-refractivity contribution in [1.29, 1.82) is 0 Å². The summed E-state index contributed by atoms with van der Waals surface area (Å²) in [7, 11) is 2.17. The molecule has 0 amide bonds. The van der Waals surface area contributed by atoms with Crippen molar-refractivity contribution in [1.82, 2.24) is 15.5 Å². The lowest BCUT2D eigenvalue weighted by Crippen LogP contribution is -2.41. The maximum Gasteiger partial charge on any atom is 0.191 e. The van der Waals surface area contributed by atoms with Crippen LogP contribution in [0.3, 0.4) is 0 Å². The second kappa shape index (κ2) is 11.1. The van der Waals surface area contributed by atoms with Crippen molar-refractivity contribution in [3.63, 3.8) is 0 Å². The first-order valence-electron chi connectivity index (χ1n) is 8.01. The predicted molar refractivity (Wildman–Crippen MR) is 91.7 cm³/mol. The first-order valence-corrected chi connectivity index (χ1v) is 8.01. The molecule has 0 atom stereocenters. The molecule has 0 saturated heterocycles. The van der Waals surface area contributed by atoms with E-state index in [4.69, 9.17) is 0 Å². The van der Waals surface area contributed by atoms with Gasteiger partial charge in [-0.1, -0.05) is 43.7 Å². The van der Waals surface area contributed by atoms with Crippen LogP contribution >= 0.6 is 0 Å². The zero-order chi connectivity index (χ0) is 15.3. The van der Waals surface area contributed by atoms with Crippen LogP contribution in [0, 0.1) is 0 Å². The number of nitrogens with zero attached hydrogens (tertiary/aromatic N) is 2. The molecule has 2 N–H and O–H groups in total. The van der Waals surface area contributed by atoms with Gasteiger partial charge in [0, 0.05) is 19.6 Å². The Kier molecular flexibility index (Phi) is 9.29. The first-order chi connectivity index (χ1) is 10.3. The summed E-state index contributed by atoms with van der Waals surface area (Å²) in [5, 5.41) is 6.69. The van der Waals surface area contributed by atoms with Gasteiger partial charge in [0.25, 0.3) is 0 Å². The van der Waals surface area contributed by atoms with Crippen molar-refractivity contribution in [2.24, 2.45) is 4.99 Å². The zero-order valence-corrected chi connectivity index (χ0v) is 13.7. The Hall–Kier alpha value is -1.55. The molecule has 0 saturated carbocycles. The molecule has 1 rings (SSSR count). The number of benzene rings is 1. The molecule has 0 fully saturated rings. The van der Waals surface area contributed by atoms with Crippen LogP contribution in [0.2, 0.25) is 0 Å². The maximum atomic E-state index is 4.62. The molecular formula is C17H30N4. The minimum atomic E-state index is 0.710. The minimum absolute atomic E-state index is 0.710. The van der Waals surface area contributed by atoms with Crippen LogP contribution in [0.25, 0.3) is 0 Å². The highest BCUT2D eigenvalue weighted by Crippen LogP contribution is 1.99. The van der Waals surface area contributed by atoms with Gasteiger partial charge in [-0.2, -0.15) is 0 Å². The highest BCUT2D eigenvalue weighted by atomic mass is 15.2. The molecule has 0 radical (unpaired) electrons. The minimum Gasteiger partial charge on any atom is -0.357 e. The van der Waals surface area contributed by atoms with Crippen LogP contribution in [-0.4, -0.2) is 44.1 Å². The van der Waals surface area contributed by atoms with E-state index in [1.807, 2.05) is 18.2 Å². The van der Waals surface area contributed by atoms with Crippen molar-refractivity contribution in [3.05, 3.63) is 35.9 Å². The molecule has 0 aliphatic heterocycles. The lowest BCUT2D eigenvalue weighted by molar-refractivity contribution is 0.332. The highest BCUT2D eigenvalue weighted by molar-refractivity contribution is 5.79. The van der Waals surface area contributed by atoms with Gasteiger partial charge in [0.1, 0.15) is 0 Å². The van der Waals surface area contributed by atoms with Crippen molar-refractivity contribution in [3.8, 4) is 0 Å². The molecule has 0 aliphatic rings. The molecular weight excluding hydrogens is 260 g/mol. The van der Waals surface area contributed by atoms with Crippen molar-refractivity contribution in [2.75, 3.05) is 33.2 Å². The molecule has 0 bridgehead atoms. The number of likely N-dealkylation sites (N-methyl/N-ethyl adjacent to an activating group) is 1. The van der Waals surface area contributed by atoms with E-state index in [1.54, 1.807) is 0 Å². The number of guanidine groups is 1. The van der Waals surface area contributed by atoms with Crippen LogP contribution in [0.5, 0.6) is 0 Å². The number of hydrogen-bond donors (Lipinski definition) is 2. The molecule has 0 aromatic heterocycles. The molecule has 21 heavy (non-hydrogen) atoms. The summed E-state index contributed by atoms with van der Waals surface area (Å²) in [6.45, 7) is 9.03. The van der Waals surface area contributed by atoms with E-state index >= 15 is 0 Å². The van der Waals surface area contributed by atoms with E-state index in [9.17, 15) is 0 Å². The summed E-state index contributed by atoms with van der Waals surface area (Å²) in [4.78, 5) is 6.98. The van der Waals surface area contributed by atoms with E-state index in [0.717, 1.165) is 32.1 Å². The Morgan fingerprint density at radius 1 is 1.10 bits per heavy atom. The summed E-state index contributed by atoms with van der Waals surface area (Å²) in [6, 6.07) is 10.3. The third-order valence-electron chi connectivity index (χ3n) is 3.29.